The lowest BCUT2D eigenvalue weighted by atomic mass is 10.1. The van der Waals surface area contributed by atoms with Crippen LogP contribution in [-0.4, -0.2) is 23.8 Å². The average Bonchev–Trinajstić information content (AvgIpc) is 2.77. The van der Waals surface area contributed by atoms with Crippen LogP contribution in [0.4, 0.5) is 14.9 Å². The number of ether oxygens (including phenoxy) is 1. The molecule has 1 aliphatic carbocycles. The Morgan fingerprint density at radius 3 is 2.59 bits per heavy atom. The molecular formula is C17H25FN2O2. The predicted molar refractivity (Wildman–Crippen MR) is 85.6 cm³/mol. The summed E-state index contributed by atoms with van der Waals surface area (Å²) in [5.74, 6) is -0.223. The summed E-state index contributed by atoms with van der Waals surface area (Å²) < 4.78 is 18.4. The van der Waals surface area contributed by atoms with E-state index in [-0.39, 0.29) is 24.0 Å². The van der Waals surface area contributed by atoms with Crippen LogP contribution in [0, 0.1) is 12.7 Å². The van der Waals surface area contributed by atoms with Gasteiger partial charge in [0.05, 0.1) is 0 Å². The summed E-state index contributed by atoms with van der Waals surface area (Å²) in [7, 11) is 0. The van der Waals surface area contributed by atoms with Gasteiger partial charge in [0.15, 0.2) is 0 Å². The third kappa shape index (κ3) is 4.90. The van der Waals surface area contributed by atoms with E-state index in [0.717, 1.165) is 30.5 Å². The van der Waals surface area contributed by atoms with E-state index in [2.05, 4.69) is 10.6 Å². The molecule has 1 aromatic rings. The highest BCUT2D eigenvalue weighted by molar-refractivity contribution is 5.68. The van der Waals surface area contributed by atoms with Gasteiger partial charge in [-0.1, -0.05) is 0 Å². The Bertz CT molecular complexity index is 540. The number of alkyl carbamates (subject to hydrolysis) is 1. The van der Waals surface area contributed by atoms with Gasteiger partial charge in [-0.2, -0.15) is 0 Å². The van der Waals surface area contributed by atoms with Gasteiger partial charge in [0.2, 0.25) is 0 Å². The Morgan fingerprint density at radius 1 is 1.27 bits per heavy atom. The summed E-state index contributed by atoms with van der Waals surface area (Å²) >= 11 is 0. The number of anilines is 1. The molecule has 1 amide bonds. The Hall–Kier alpha value is -1.78. The molecule has 0 saturated heterocycles. The zero-order valence-electron chi connectivity index (χ0n) is 13.7. The fraction of sp³-hybridized carbons (Fsp3) is 0.588. The van der Waals surface area contributed by atoms with Gasteiger partial charge in [0, 0.05) is 17.8 Å². The Balaban J connectivity index is 1.84. The van der Waals surface area contributed by atoms with Crippen LogP contribution in [0.25, 0.3) is 0 Å². The second-order valence-corrected chi connectivity index (χ2v) is 6.96. The van der Waals surface area contributed by atoms with E-state index in [9.17, 15) is 9.18 Å². The number of amides is 1. The van der Waals surface area contributed by atoms with Crippen LogP contribution in [0.1, 0.15) is 45.6 Å². The number of benzene rings is 1. The standard InChI is InChI=1S/C17H25FN2O2/c1-11-9-12(18)5-8-15(11)19-13-6-7-14(10-13)20-16(21)22-17(2,3)4/h5,8-9,13-14,19H,6-7,10H2,1-4H3,(H,20,21). The molecule has 0 spiro atoms. The highest BCUT2D eigenvalue weighted by Gasteiger charge is 2.27. The molecule has 0 radical (unpaired) electrons. The molecule has 0 aromatic heterocycles. The molecular weight excluding hydrogens is 283 g/mol. The summed E-state index contributed by atoms with van der Waals surface area (Å²) in [6, 6.07) is 5.14. The number of nitrogens with one attached hydrogen (secondary N) is 2. The molecule has 122 valence electrons. The molecule has 1 aliphatic rings. The average molecular weight is 308 g/mol. The minimum Gasteiger partial charge on any atom is -0.444 e. The van der Waals surface area contributed by atoms with E-state index < -0.39 is 5.60 Å². The number of carbonyl (C=O) groups is 1. The first-order chi connectivity index (χ1) is 10.2. The van der Waals surface area contributed by atoms with E-state index in [4.69, 9.17) is 4.74 Å². The lowest BCUT2D eigenvalue weighted by molar-refractivity contribution is 0.0505. The van der Waals surface area contributed by atoms with Crippen LogP contribution < -0.4 is 10.6 Å². The summed E-state index contributed by atoms with van der Waals surface area (Å²) in [6.45, 7) is 7.44. The zero-order valence-corrected chi connectivity index (χ0v) is 13.7. The molecule has 2 unspecified atom stereocenters. The molecule has 0 bridgehead atoms. The number of aryl methyl sites for hydroxylation is 1. The van der Waals surface area contributed by atoms with Crippen molar-refractivity contribution in [1.82, 2.24) is 5.32 Å². The van der Waals surface area contributed by atoms with Crippen LogP contribution in [0.2, 0.25) is 0 Å². The second kappa shape index (κ2) is 6.55. The van der Waals surface area contributed by atoms with E-state index in [1.807, 2.05) is 27.7 Å². The third-order valence-electron chi connectivity index (χ3n) is 3.70. The first-order valence-electron chi connectivity index (χ1n) is 7.75. The first kappa shape index (κ1) is 16.6. The lowest BCUT2D eigenvalue weighted by Gasteiger charge is -2.22. The van der Waals surface area contributed by atoms with Gasteiger partial charge in [-0.15, -0.1) is 0 Å². The van der Waals surface area contributed by atoms with Crippen LogP contribution in [0.3, 0.4) is 0 Å². The minimum atomic E-state index is -0.481. The van der Waals surface area contributed by atoms with E-state index in [1.54, 1.807) is 6.07 Å². The van der Waals surface area contributed by atoms with Crippen LogP contribution in [-0.2, 0) is 4.74 Å². The first-order valence-corrected chi connectivity index (χ1v) is 7.75. The SMILES string of the molecule is Cc1cc(F)ccc1NC1CCC(NC(=O)OC(C)(C)C)C1. The van der Waals surface area contributed by atoms with E-state index >= 15 is 0 Å². The van der Waals surface area contributed by atoms with E-state index in [1.165, 1.54) is 12.1 Å². The molecule has 2 atom stereocenters. The highest BCUT2D eigenvalue weighted by atomic mass is 19.1. The van der Waals surface area contributed by atoms with Gasteiger partial charge in [-0.3, -0.25) is 0 Å². The number of hydrogen-bond acceptors (Lipinski definition) is 3. The van der Waals surface area contributed by atoms with Crippen molar-refractivity contribution in [2.75, 3.05) is 5.32 Å². The lowest BCUT2D eigenvalue weighted by Crippen LogP contribution is -2.38. The summed E-state index contributed by atoms with van der Waals surface area (Å²) in [5.41, 5.74) is 1.36. The molecule has 22 heavy (non-hydrogen) atoms. The number of rotatable bonds is 3. The van der Waals surface area contributed by atoms with Crippen molar-refractivity contribution in [3.63, 3.8) is 0 Å². The molecule has 1 saturated carbocycles. The molecule has 1 aromatic carbocycles. The quantitative estimate of drug-likeness (QED) is 0.887. The summed E-state index contributed by atoms with van der Waals surface area (Å²) in [4.78, 5) is 11.8. The topological polar surface area (TPSA) is 50.4 Å². The normalized spacial score (nSPS) is 21.5. The number of halogens is 1. The predicted octanol–water partition coefficient (Wildman–Crippen LogP) is 3.99. The molecule has 2 rings (SSSR count). The van der Waals surface area contributed by atoms with Crippen molar-refractivity contribution in [3.05, 3.63) is 29.6 Å². The summed E-state index contributed by atoms with van der Waals surface area (Å²) in [6.07, 6.45) is 2.36. The molecule has 0 aliphatic heterocycles. The van der Waals surface area contributed by atoms with Crippen molar-refractivity contribution in [2.45, 2.75) is 64.6 Å². The molecule has 2 N–H and O–H groups in total. The van der Waals surface area contributed by atoms with Crippen molar-refractivity contribution in [1.29, 1.82) is 0 Å². The Labute approximate surface area is 131 Å². The molecule has 5 heteroatoms. The molecule has 4 nitrogen and oxygen atoms in total. The number of carbonyl (C=O) groups excluding carboxylic acids is 1. The second-order valence-electron chi connectivity index (χ2n) is 6.96. The maximum absolute atomic E-state index is 13.1. The van der Waals surface area contributed by atoms with Crippen LogP contribution >= 0.6 is 0 Å². The maximum atomic E-state index is 13.1. The highest BCUT2D eigenvalue weighted by Crippen LogP contribution is 2.25. The third-order valence-corrected chi connectivity index (χ3v) is 3.70. The smallest absolute Gasteiger partial charge is 0.407 e. The van der Waals surface area contributed by atoms with Crippen LogP contribution in [0.5, 0.6) is 0 Å². The summed E-state index contributed by atoms with van der Waals surface area (Å²) in [5, 5.41) is 6.34. The monoisotopic (exact) mass is 308 g/mol. The van der Waals surface area contributed by atoms with Crippen molar-refractivity contribution < 1.29 is 13.9 Å². The van der Waals surface area contributed by atoms with Crippen molar-refractivity contribution in [3.8, 4) is 0 Å². The van der Waals surface area contributed by atoms with Gasteiger partial charge in [-0.25, -0.2) is 9.18 Å². The number of hydrogen-bond donors (Lipinski definition) is 2. The Morgan fingerprint density at radius 2 is 1.95 bits per heavy atom. The van der Waals surface area contributed by atoms with Gasteiger partial charge < -0.3 is 15.4 Å². The maximum Gasteiger partial charge on any atom is 0.407 e. The van der Waals surface area contributed by atoms with Gasteiger partial charge in [0.25, 0.3) is 0 Å². The van der Waals surface area contributed by atoms with Gasteiger partial charge >= 0.3 is 6.09 Å². The zero-order chi connectivity index (χ0) is 16.3. The van der Waals surface area contributed by atoms with Gasteiger partial charge in [0.1, 0.15) is 11.4 Å². The minimum absolute atomic E-state index is 0.119. The Kier molecular flexibility index (Phi) is 4.94. The van der Waals surface area contributed by atoms with Gasteiger partial charge in [-0.05, 0) is 70.7 Å². The molecule has 1 fully saturated rings. The van der Waals surface area contributed by atoms with Crippen molar-refractivity contribution in [2.24, 2.45) is 0 Å². The van der Waals surface area contributed by atoms with Crippen molar-refractivity contribution >= 4 is 11.8 Å². The van der Waals surface area contributed by atoms with E-state index in [0.29, 0.717) is 0 Å². The largest absolute Gasteiger partial charge is 0.444 e. The fourth-order valence-corrected chi connectivity index (χ4v) is 2.73. The molecule has 0 heterocycles. The van der Waals surface area contributed by atoms with Crippen LogP contribution in [0.15, 0.2) is 18.2 Å². The fourth-order valence-electron chi connectivity index (χ4n) is 2.73.